The number of primary amides is 1. The predicted molar refractivity (Wildman–Crippen MR) is 42.6 cm³/mol. The van der Waals surface area contributed by atoms with Gasteiger partial charge in [0.15, 0.2) is 0 Å². The first kappa shape index (κ1) is 7.74. The molecule has 2 N–H and O–H groups in total. The number of nitrogens with two attached hydrogens (primary N) is 1. The average molecular weight is 170 g/mol. The Bertz CT molecular complexity index is 256. The zero-order valence-corrected chi connectivity index (χ0v) is 6.38. The lowest BCUT2D eigenvalue weighted by Crippen LogP contribution is -2.11. The molecular weight excluding hydrogens is 164 g/mol. The number of carbonyl (C=O) groups is 1. The van der Waals surface area contributed by atoms with Gasteiger partial charge in [-0.15, -0.1) is 11.3 Å². The maximum atomic E-state index is 10.1. The molecule has 1 amide bonds. The Morgan fingerprint density at radius 1 is 1.82 bits per heavy atom. The van der Waals surface area contributed by atoms with Crippen LogP contribution < -0.4 is 10.6 Å². The molecule has 0 bridgehead atoms. The third-order valence-corrected chi connectivity index (χ3v) is 1.55. The molecule has 0 fully saturated rings. The topological polar surface area (TPSA) is 64.7 Å². The summed E-state index contributed by atoms with van der Waals surface area (Å²) in [5.41, 5.74) is 4.77. The van der Waals surface area contributed by atoms with Gasteiger partial charge >= 0.3 is 0 Å². The first-order valence-electron chi connectivity index (χ1n) is 2.82. The maximum Gasteiger partial charge on any atom is 0.263 e. The van der Waals surface area contributed by atoms with Crippen molar-refractivity contribution in [1.82, 2.24) is 0 Å². The van der Waals surface area contributed by atoms with E-state index < -0.39 is 5.91 Å². The van der Waals surface area contributed by atoms with Gasteiger partial charge in [0, 0.05) is 0 Å². The van der Waals surface area contributed by atoms with E-state index in [4.69, 9.17) is 10.6 Å². The lowest BCUT2D eigenvalue weighted by Gasteiger charge is -1.88. The van der Waals surface area contributed by atoms with Crippen molar-refractivity contribution >= 4 is 23.5 Å². The van der Waals surface area contributed by atoms with Crippen molar-refractivity contribution in [3.8, 4) is 5.06 Å². The smallest absolute Gasteiger partial charge is 0.263 e. The molecule has 11 heavy (non-hydrogen) atoms. The van der Waals surface area contributed by atoms with E-state index in [0.717, 1.165) is 6.21 Å². The number of rotatable bonds is 3. The zero-order chi connectivity index (χ0) is 8.10. The molecule has 0 aromatic carbocycles. The van der Waals surface area contributed by atoms with Crippen molar-refractivity contribution in [3.05, 3.63) is 17.5 Å². The lowest BCUT2D eigenvalue weighted by atomic mass is 10.7. The van der Waals surface area contributed by atoms with E-state index in [9.17, 15) is 4.79 Å². The Hall–Kier alpha value is -1.36. The van der Waals surface area contributed by atoms with Crippen molar-refractivity contribution in [1.29, 1.82) is 0 Å². The standard InChI is InChI=1S/C6H6N2O2S/c7-5(9)4-8-10-6-2-1-3-11-6/h1-4H,(H2,7,9). The number of oxime groups is 1. The minimum Gasteiger partial charge on any atom is -0.365 e. The molecule has 1 aromatic rings. The zero-order valence-electron chi connectivity index (χ0n) is 5.56. The van der Waals surface area contributed by atoms with Gasteiger partial charge in [-0.2, -0.15) is 0 Å². The van der Waals surface area contributed by atoms with Crippen LogP contribution in [0.3, 0.4) is 0 Å². The van der Waals surface area contributed by atoms with E-state index >= 15 is 0 Å². The van der Waals surface area contributed by atoms with Crippen LogP contribution >= 0.6 is 11.3 Å². The molecule has 5 heteroatoms. The molecule has 1 rings (SSSR count). The molecule has 0 saturated carbocycles. The summed E-state index contributed by atoms with van der Waals surface area (Å²) in [5.74, 6) is -0.624. The molecule has 0 unspecified atom stereocenters. The molecular formula is C6H6N2O2S. The highest BCUT2D eigenvalue weighted by Gasteiger charge is 1.90. The quantitative estimate of drug-likeness (QED) is 0.533. The van der Waals surface area contributed by atoms with Crippen LogP contribution in [0.2, 0.25) is 0 Å². The van der Waals surface area contributed by atoms with Crippen molar-refractivity contribution in [3.63, 3.8) is 0 Å². The van der Waals surface area contributed by atoms with Crippen molar-refractivity contribution < 1.29 is 9.63 Å². The molecule has 0 atom stereocenters. The summed E-state index contributed by atoms with van der Waals surface area (Å²) in [6.07, 6.45) is 0.916. The molecule has 0 aliphatic rings. The maximum absolute atomic E-state index is 10.1. The van der Waals surface area contributed by atoms with E-state index in [-0.39, 0.29) is 0 Å². The summed E-state index contributed by atoms with van der Waals surface area (Å²) >= 11 is 1.39. The second-order valence-electron chi connectivity index (χ2n) is 1.66. The van der Waals surface area contributed by atoms with Gasteiger partial charge in [-0.3, -0.25) is 4.79 Å². The van der Waals surface area contributed by atoms with Crippen molar-refractivity contribution in [2.45, 2.75) is 0 Å². The average Bonchev–Trinajstić information content (AvgIpc) is 2.39. The molecule has 4 nitrogen and oxygen atoms in total. The fourth-order valence-electron chi connectivity index (χ4n) is 0.446. The Balaban J connectivity index is 2.40. The van der Waals surface area contributed by atoms with Crippen molar-refractivity contribution in [2.24, 2.45) is 10.9 Å². The van der Waals surface area contributed by atoms with Gasteiger partial charge in [-0.1, -0.05) is 5.16 Å². The summed E-state index contributed by atoms with van der Waals surface area (Å²) < 4.78 is 0. The summed E-state index contributed by atoms with van der Waals surface area (Å²) in [5, 5.41) is 5.79. The van der Waals surface area contributed by atoms with E-state index in [2.05, 4.69) is 5.16 Å². The van der Waals surface area contributed by atoms with Gasteiger partial charge in [0.1, 0.15) is 6.21 Å². The molecule has 0 spiro atoms. The highest BCUT2D eigenvalue weighted by molar-refractivity contribution is 7.11. The number of hydrogen-bond donors (Lipinski definition) is 1. The van der Waals surface area contributed by atoms with Gasteiger partial charge in [0.2, 0.25) is 5.06 Å². The minimum absolute atomic E-state index is 0.624. The van der Waals surface area contributed by atoms with Crippen molar-refractivity contribution in [2.75, 3.05) is 0 Å². The van der Waals surface area contributed by atoms with Crippen LogP contribution in [0, 0.1) is 0 Å². The molecule has 0 radical (unpaired) electrons. The molecule has 0 aliphatic heterocycles. The second kappa shape index (κ2) is 3.72. The fourth-order valence-corrected chi connectivity index (χ4v) is 0.980. The third-order valence-electron chi connectivity index (χ3n) is 0.818. The van der Waals surface area contributed by atoms with Gasteiger partial charge in [-0.25, -0.2) is 0 Å². The van der Waals surface area contributed by atoms with E-state index in [1.54, 1.807) is 6.07 Å². The monoisotopic (exact) mass is 170 g/mol. The van der Waals surface area contributed by atoms with Crippen LogP contribution in [0.4, 0.5) is 0 Å². The van der Waals surface area contributed by atoms with Gasteiger partial charge in [-0.05, 0) is 17.5 Å². The number of nitrogens with zero attached hydrogens (tertiary/aromatic N) is 1. The van der Waals surface area contributed by atoms with E-state index in [0.29, 0.717) is 5.06 Å². The second-order valence-corrected chi connectivity index (χ2v) is 2.57. The number of thiophene rings is 1. The fraction of sp³-hybridized carbons (Fsp3) is 0. The molecule has 1 aromatic heterocycles. The largest absolute Gasteiger partial charge is 0.365 e. The number of amides is 1. The highest BCUT2D eigenvalue weighted by atomic mass is 32.1. The summed E-state index contributed by atoms with van der Waals surface area (Å²) in [7, 11) is 0. The first-order chi connectivity index (χ1) is 5.29. The lowest BCUT2D eigenvalue weighted by molar-refractivity contribution is -0.111. The number of hydrogen-bond acceptors (Lipinski definition) is 4. The Morgan fingerprint density at radius 2 is 2.64 bits per heavy atom. The summed E-state index contributed by atoms with van der Waals surface area (Å²) in [6, 6.07) is 3.56. The van der Waals surface area contributed by atoms with E-state index in [1.165, 1.54) is 11.3 Å². The number of carbonyl (C=O) groups excluding carboxylic acids is 1. The minimum atomic E-state index is -0.624. The first-order valence-corrected chi connectivity index (χ1v) is 3.70. The van der Waals surface area contributed by atoms with Crippen LogP contribution in [0.15, 0.2) is 22.7 Å². The molecule has 0 saturated heterocycles. The summed E-state index contributed by atoms with van der Waals surface area (Å²) in [4.78, 5) is 14.9. The van der Waals surface area contributed by atoms with E-state index in [1.807, 2.05) is 11.4 Å². The molecule has 0 aliphatic carbocycles. The van der Waals surface area contributed by atoms with Gasteiger partial charge in [0.25, 0.3) is 5.91 Å². The normalized spacial score (nSPS) is 10.2. The predicted octanol–water partition coefficient (Wildman–Crippen LogP) is 0.598. The van der Waals surface area contributed by atoms with Crippen LogP contribution in [-0.4, -0.2) is 12.1 Å². The Kier molecular flexibility index (Phi) is 2.62. The SMILES string of the molecule is NC(=O)C=NOc1cccs1. The molecule has 58 valence electrons. The summed E-state index contributed by atoms with van der Waals surface area (Å²) in [6.45, 7) is 0. The van der Waals surface area contributed by atoms with Crippen LogP contribution in [0.25, 0.3) is 0 Å². The van der Waals surface area contributed by atoms with Gasteiger partial charge in [0.05, 0.1) is 0 Å². The van der Waals surface area contributed by atoms with Gasteiger partial charge < -0.3 is 10.6 Å². The Labute approximate surface area is 67.3 Å². The van der Waals surface area contributed by atoms with Crippen LogP contribution in [0.5, 0.6) is 5.06 Å². The third kappa shape index (κ3) is 2.81. The highest BCUT2D eigenvalue weighted by Crippen LogP contribution is 2.17. The molecule has 1 heterocycles. The Morgan fingerprint density at radius 3 is 3.18 bits per heavy atom. The van der Waals surface area contributed by atoms with Crippen LogP contribution in [0.1, 0.15) is 0 Å². The van der Waals surface area contributed by atoms with Crippen LogP contribution in [-0.2, 0) is 4.79 Å².